The largest absolute Gasteiger partial charge is 0.426 e. The minimum absolute atomic E-state index is 0.221. The zero-order chi connectivity index (χ0) is 9.84. The van der Waals surface area contributed by atoms with Gasteiger partial charge in [-0.2, -0.15) is 0 Å². The van der Waals surface area contributed by atoms with Gasteiger partial charge in [0, 0.05) is 17.0 Å². The number of rotatable bonds is 2. The molecule has 1 rings (SSSR count). The van der Waals surface area contributed by atoms with Crippen LogP contribution < -0.4 is 4.74 Å². The van der Waals surface area contributed by atoms with Crippen LogP contribution in [-0.4, -0.2) is 5.97 Å². The molecule has 0 aliphatic rings. The molecule has 0 N–H and O–H groups in total. The second-order valence-electron chi connectivity index (χ2n) is 2.43. The molecule has 0 radical (unpaired) electrons. The van der Waals surface area contributed by atoms with Crippen LogP contribution in [0.15, 0.2) is 22.7 Å². The molecule has 1 aromatic carbocycles. The third-order valence-electron chi connectivity index (χ3n) is 1.36. The van der Waals surface area contributed by atoms with Crippen molar-refractivity contribution in [1.29, 1.82) is 0 Å². The van der Waals surface area contributed by atoms with Gasteiger partial charge in [-0.25, -0.2) is 4.39 Å². The molecule has 0 aromatic heterocycles. The number of benzene rings is 1. The summed E-state index contributed by atoms with van der Waals surface area (Å²) < 4.78 is 18.1. The van der Waals surface area contributed by atoms with E-state index in [0.29, 0.717) is 4.47 Å². The number of carbonyl (C=O) groups is 1. The van der Waals surface area contributed by atoms with Gasteiger partial charge < -0.3 is 4.74 Å². The molecular weight excluding hydrogens is 239 g/mol. The van der Waals surface area contributed by atoms with Gasteiger partial charge in [0.2, 0.25) is 0 Å². The quantitative estimate of drug-likeness (QED) is 0.593. The molecule has 0 saturated carbocycles. The Morgan fingerprint density at radius 1 is 1.54 bits per heavy atom. The fourth-order valence-electron chi connectivity index (χ4n) is 0.791. The van der Waals surface area contributed by atoms with Crippen molar-refractivity contribution in [3.05, 3.63) is 28.5 Å². The van der Waals surface area contributed by atoms with E-state index < -0.39 is 5.82 Å². The highest BCUT2D eigenvalue weighted by molar-refractivity contribution is 9.10. The molecular formula is C9H8BrFO2. The van der Waals surface area contributed by atoms with Gasteiger partial charge in [-0.05, 0) is 12.1 Å². The van der Waals surface area contributed by atoms with E-state index in [-0.39, 0.29) is 18.1 Å². The molecule has 0 saturated heterocycles. The Kier molecular flexibility index (Phi) is 3.42. The van der Waals surface area contributed by atoms with Crippen molar-refractivity contribution in [2.75, 3.05) is 0 Å². The standard InChI is InChI=1S/C9H8BrFO2/c1-2-9(12)13-8-4-6(10)3-7(11)5-8/h3-5H,2H2,1H3. The molecule has 4 heteroatoms. The Bertz CT molecular complexity index is 305. The van der Waals surface area contributed by atoms with Crippen molar-refractivity contribution in [1.82, 2.24) is 0 Å². The zero-order valence-electron chi connectivity index (χ0n) is 7.01. The van der Waals surface area contributed by atoms with E-state index >= 15 is 0 Å². The maximum atomic E-state index is 12.8. The molecule has 0 fully saturated rings. The van der Waals surface area contributed by atoms with Gasteiger partial charge in [0.15, 0.2) is 0 Å². The predicted molar refractivity (Wildman–Crippen MR) is 50.0 cm³/mol. The minimum Gasteiger partial charge on any atom is -0.426 e. The molecule has 0 aliphatic carbocycles. The Balaban J connectivity index is 2.83. The molecule has 0 amide bonds. The fraction of sp³-hybridized carbons (Fsp3) is 0.222. The van der Waals surface area contributed by atoms with Crippen LogP contribution in [-0.2, 0) is 4.79 Å². The molecule has 0 atom stereocenters. The molecule has 1 aromatic rings. The van der Waals surface area contributed by atoms with Crippen molar-refractivity contribution in [2.45, 2.75) is 13.3 Å². The number of hydrogen-bond donors (Lipinski definition) is 0. The molecule has 0 heterocycles. The minimum atomic E-state index is -0.437. The number of halogens is 2. The lowest BCUT2D eigenvalue weighted by Crippen LogP contribution is -2.05. The number of hydrogen-bond acceptors (Lipinski definition) is 2. The highest BCUT2D eigenvalue weighted by Gasteiger charge is 2.04. The van der Waals surface area contributed by atoms with Crippen LogP contribution in [0.25, 0.3) is 0 Å². The summed E-state index contributed by atoms with van der Waals surface area (Å²) in [6.07, 6.45) is 0.272. The van der Waals surface area contributed by atoms with Crippen LogP contribution in [0.4, 0.5) is 4.39 Å². The van der Waals surface area contributed by atoms with Crippen molar-refractivity contribution in [3.8, 4) is 5.75 Å². The van der Waals surface area contributed by atoms with E-state index in [1.807, 2.05) is 0 Å². The molecule has 0 aliphatic heterocycles. The lowest BCUT2D eigenvalue weighted by atomic mass is 10.3. The van der Waals surface area contributed by atoms with E-state index in [2.05, 4.69) is 15.9 Å². The number of esters is 1. The van der Waals surface area contributed by atoms with Gasteiger partial charge in [0.1, 0.15) is 11.6 Å². The summed E-state index contributed by atoms with van der Waals surface area (Å²) in [5.41, 5.74) is 0. The van der Waals surface area contributed by atoms with Gasteiger partial charge in [-0.1, -0.05) is 22.9 Å². The third-order valence-corrected chi connectivity index (χ3v) is 1.81. The second kappa shape index (κ2) is 4.37. The van der Waals surface area contributed by atoms with Crippen LogP contribution in [0.5, 0.6) is 5.75 Å². The Morgan fingerprint density at radius 2 is 2.23 bits per heavy atom. The van der Waals surface area contributed by atoms with Gasteiger partial charge in [-0.3, -0.25) is 4.79 Å². The molecule has 0 unspecified atom stereocenters. The summed E-state index contributed by atoms with van der Waals surface area (Å²) >= 11 is 3.09. The van der Waals surface area contributed by atoms with Crippen LogP contribution in [0, 0.1) is 5.82 Å². The first-order valence-electron chi connectivity index (χ1n) is 3.78. The summed E-state index contributed by atoms with van der Waals surface area (Å²) in [5, 5.41) is 0. The van der Waals surface area contributed by atoms with Crippen LogP contribution in [0.1, 0.15) is 13.3 Å². The van der Waals surface area contributed by atoms with Crippen LogP contribution >= 0.6 is 15.9 Å². The van der Waals surface area contributed by atoms with Gasteiger partial charge in [0.25, 0.3) is 0 Å². The zero-order valence-corrected chi connectivity index (χ0v) is 8.60. The predicted octanol–water partition coefficient (Wildman–Crippen LogP) is 2.90. The van der Waals surface area contributed by atoms with E-state index in [1.54, 1.807) is 6.92 Å². The summed E-state index contributed by atoms with van der Waals surface area (Å²) in [6.45, 7) is 1.68. The van der Waals surface area contributed by atoms with Crippen molar-refractivity contribution in [2.24, 2.45) is 0 Å². The smallest absolute Gasteiger partial charge is 0.310 e. The lowest BCUT2D eigenvalue weighted by molar-refractivity contribution is -0.134. The molecule has 70 valence electrons. The second-order valence-corrected chi connectivity index (χ2v) is 3.35. The first kappa shape index (κ1) is 10.2. The van der Waals surface area contributed by atoms with Gasteiger partial charge in [0.05, 0.1) is 0 Å². The lowest BCUT2D eigenvalue weighted by Gasteiger charge is -2.02. The molecule has 2 nitrogen and oxygen atoms in total. The number of carbonyl (C=O) groups excluding carboxylic acids is 1. The maximum Gasteiger partial charge on any atom is 0.310 e. The Hall–Kier alpha value is -0.900. The third kappa shape index (κ3) is 3.14. The highest BCUT2D eigenvalue weighted by Crippen LogP contribution is 2.20. The van der Waals surface area contributed by atoms with Gasteiger partial charge >= 0.3 is 5.97 Å². The van der Waals surface area contributed by atoms with Crippen LogP contribution in [0.2, 0.25) is 0 Å². The van der Waals surface area contributed by atoms with E-state index in [1.165, 1.54) is 18.2 Å². The van der Waals surface area contributed by atoms with Crippen molar-refractivity contribution in [3.63, 3.8) is 0 Å². The van der Waals surface area contributed by atoms with Crippen molar-refractivity contribution >= 4 is 21.9 Å². The first-order valence-corrected chi connectivity index (χ1v) is 4.58. The molecule has 13 heavy (non-hydrogen) atoms. The Labute approximate surface area is 83.8 Å². The highest BCUT2D eigenvalue weighted by atomic mass is 79.9. The van der Waals surface area contributed by atoms with E-state index in [9.17, 15) is 9.18 Å². The Morgan fingerprint density at radius 3 is 2.77 bits per heavy atom. The van der Waals surface area contributed by atoms with E-state index in [0.717, 1.165) is 0 Å². The average molecular weight is 247 g/mol. The normalized spacial score (nSPS) is 9.77. The van der Waals surface area contributed by atoms with Crippen molar-refractivity contribution < 1.29 is 13.9 Å². The summed E-state index contributed by atoms with van der Waals surface area (Å²) in [7, 11) is 0. The number of ether oxygens (including phenoxy) is 1. The average Bonchev–Trinajstić information content (AvgIpc) is 2.02. The monoisotopic (exact) mass is 246 g/mol. The molecule has 0 spiro atoms. The van der Waals surface area contributed by atoms with Crippen LogP contribution in [0.3, 0.4) is 0 Å². The SMILES string of the molecule is CCC(=O)Oc1cc(F)cc(Br)c1. The van der Waals surface area contributed by atoms with Gasteiger partial charge in [-0.15, -0.1) is 0 Å². The molecule has 0 bridgehead atoms. The maximum absolute atomic E-state index is 12.8. The summed E-state index contributed by atoms with van der Waals surface area (Å²) in [6, 6.07) is 4.00. The topological polar surface area (TPSA) is 26.3 Å². The van der Waals surface area contributed by atoms with E-state index in [4.69, 9.17) is 4.74 Å². The summed E-state index contributed by atoms with van der Waals surface area (Å²) in [5.74, 6) is -0.593. The fourth-order valence-corrected chi connectivity index (χ4v) is 1.24. The first-order chi connectivity index (χ1) is 6.11. The summed E-state index contributed by atoms with van der Waals surface area (Å²) in [4.78, 5) is 10.8.